The maximum Gasteiger partial charge on any atom is 0.416 e. The van der Waals surface area contributed by atoms with E-state index in [0.29, 0.717) is 38.4 Å². The zero-order valence-electron chi connectivity index (χ0n) is 25.9. The van der Waals surface area contributed by atoms with Gasteiger partial charge in [-0.2, -0.15) is 18.2 Å². The molecule has 4 aromatic rings. The summed E-state index contributed by atoms with van der Waals surface area (Å²) in [5.41, 5.74) is -0.297. The first-order chi connectivity index (χ1) is 22.4. The highest BCUT2D eigenvalue weighted by Gasteiger charge is 2.32. The lowest BCUT2D eigenvalue weighted by molar-refractivity contribution is -0.137. The Bertz CT molecular complexity index is 1760. The first kappa shape index (κ1) is 33.6. The van der Waals surface area contributed by atoms with Crippen molar-refractivity contribution in [1.29, 1.82) is 0 Å². The van der Waals surface area contributed by atoms with Crippen LogP contribution in [-0.4, -0.2) is 79.9 Å². The molecule has 1 atom stereocenters. The Morgan fingerprint density at radius 1 is 1.02 bits per heavy atom. The number of nitrogens with one attached hydrogen (secondary N) is 1. The number of hydrogen-bond acceptors (Lipinski definition) is 9. The number of carbonyl (C=O) groups is 2. The SMILES string of the molecule is CC(C)C(NC(=O)Cn1c(O)c(-c2ccccc2)n(CCN2CCOCC2)c1=O)C(=O)c1noc(Cc2cccc(C(F)(F)F)c2)n1. The predicted octanol–water partition coefficient (Wildman–Crippen LogP) is 3.37. The molecular weight excluding hydrogens is 621 g/mol. The lowest BCUT2D eigenvalue weighted by Crippen LogP contribution is -2.46. The second-order valence-electron chi connectivity index (χ2n) is 11.6. The highest BCUT2D eigenvalue weighted by molar-refractivity contribution is 5.99. The molecule has 1 saturated heterocycles. The average molecular weight is 657 g/mol. The second-order valence-corrected chi connectivity index (χ2v) is 11.6. The van der Waals surface area contributed by atoms with Crippen LogP contribution in [0, 0.1) is 5.92 Å². The molecule has 3 heterocycles. The normalized spacial score (nSPS) is 14.8. The van der Waals surface area contributed by atoms with E-state index in [1.807, 2.05) is 6.07 Å². The molecule has 2 aromatic heterocycles. The van der Waals surface area contributed by atoms with Crippen LogP contribution in [0.4, 0.5) is 13.2 Å². The summed E-state index contributed by atoms with van der Waals surface area (Å²) < 4.78 is 52.2. The zero-order chi connectivity index (χ0) is 33.7. The van der Waals surface area contributed by atoms with Gasteiger partial charge in [-0.15, -0.1) is 0 Å². The number of rotatable bonds is 12. The standard InChI is InChI=1S/C32H35F3N6O6/c1-20(2)26(28(43)29-37-25(47-38-29)18-21-7-6-10-23(17-21)32(33,34)35)36-24(42)19-41-30(44)27(22-8-4-3-5-9-22)40(31(41)45)12-11-39-13-15-46-16-14-39/h3-10,17,20,26,44H,11-16,18-19H2,1-2H3,(H,36,42). The molecule has 1 aliphatic rings. The number of hydrogen-bond donors (Lipinski definition) is 2. The summed E-state index contributed by atoms with van der Waals surface area (Å²) >= 11 is 0. The Kier molecular flexibility index (Phi) is 10.3. The fourth-order valence-electron chi connectivity index (χ4n) is 5.37. The first-order valence-electron chi connectivity index (χ1n) is 15.1. The van der Waals surface area contributed by atoms with E-state index in [1.165, 1.54) is 16.7 Å². The molecule has 15 heteroatoms. The number of Topliss-reactive ketones (excluding diaryl/α,β-unsaturated/α-hetero) is 1. The van der Waals surface area contributed by atoms with Crippen LogP contribution in [0.3, 0.4) is 0 Å². The molecule has 250 valence electrons. The van der Waals surface area contributed by atoms with Crippen LogP contribution in [0.15, 0.2) is 63.9 Å². The quantitative estimate of drug-likeness (QED) is 0.219. The van der Waals surface area contributed by atoms with Crippen LogP contribution >= 0.6 is 0 Å². The van der Waals surface area contributed by atoms with Gasteiger partial charge >= 0.3 is 11.9 Å². The van der Waals surface area contributed by atoms with Crippen molar-refractivity contribution in [3.05, 3.63) is 87.9 Å². The summed E-state index contributed by atoms with van der Waals surface area (Å²) in [5.74, 6) is -2.66. The van der Waals surface area contributed by atoms with Gasteiger partial charge in [-0.1, -0.05) is 67.5 Å². The summed E-state index contributed by atoms with van der Waals surface area (Å²) in [6, 6.07) is 12.4. The minimum Gasteiger partial charge on any atom is -0.493 e. The highest BCUT2D eigenvalue weighted by Crippen LogP contribution is 2.30. The van der Waals surface area contributed by atoms with Gasteiger partial charge in [0.25, 0.3) is 0 Å². The van der Waals surface area contributed by atoms with Crippen LogP contribution in [0.2, 0.25) is 0 Å². The van der Waals surface area contributed by atoms with Gasteiger partial charge in [0.1, 0.15) is 12.2 Å². The smallest absolute Gasteiger partial charge is 0.416 e. The Morgan fingerprint density at radius 2 is 1.74 bits per heavy atom. The maximum atomic E-state index is 13.6. The number of imidazole rings is 1. The van der Waals surface area contributed by atoms with E-state index in [4.69, 9.17) is 9.26 Å². The van der Waals surface area contributed by atoms with Gasteiger partial charge in [-0.05, 0) is 17.5 Å². The fourth-order valence-corrected chi connectivity index (χ4v) is 5.37. The Labute approximate surface area is 267 Å². The third-order valence-electron chi connectivity index (χ3n) is 7.86. The minimum absolute atomic E-state index is 0.0788. The molecule has 0 aliphatic carbocycles. The molecule has 1 unspecified atom stereocenters. The number of benzene rings is 2. The lowest BCUT2D eigenvalue weighted by Gasteiger charge is -2.26. The Morgan fingerprint density at radius 3 is 2.43 bits per heavy atom. The molecule has 0 saturated carbocycles. The Balaban J connectivity index is 1.31. The monoisotopic (exact) mass is 656 g/mol. The summed E-state index contributed by atoms with van der Waals surface area (Å²) in [7, 11) is 0. The topological polar surface area (TPSA) is 145 Å². The van der Waals surface area contributed by atoms with Crippen molar-refractivity contribution in [2.24, 2.45) is 5.92 Å². The van der Waals surface area contributed by atoms with Crippen LogP contribution < -0.4 is 11.0 Å². The molecule has 0 bridgehead atoms. The van der Waals surface area contributed by atoms with E-state index in [0.717, 1.165) is 16.7 Å². The van der Waals surface area contributed by atoms with Crippen LogP contribution in [0.5, 0.6) is 5.88 Å². The average Bonchev–Trinajstić information content (AvgIpc) is 3.61. The van der Waals surface area contributed by atoms with Gasteiger partial charge in [0, 0.05) is 31.7 Å². The van der Waals surface area contributed by atoms with Gasteiger partial charge < -0.3 is 19.7 Å². The van der Waals surface area contributed by atoms with Crippen LogP contribution in [0.25, 0.3) is 11.3 Å². The van der Waals surface area contributed by atoms with Gasteiger partial charge in [0.2, 0.25) is 29.3 Å². The number of halogens is 3. The largest absolute Gasteiger partial charge is 0.493 e. The molecule has 1 aliphatic heterocycles. The van der Waals surface area contributed by atoms with E-state index in [2.05, 4.69) is 20.4 Å². The molecule has 1 amide bonds. The summed E-state index contributed by atoms with van der Waals surface area (Å²) in [4.78, 5) is 46.4. The maximum absolute atomic E-state index is 13.6. The second kappa shape index (κ2) is 14.3. The minimum atomic E-state index is -4.52. The molecule has 5 rings (SSSR count). The summed E-state index contributed by atoms with van der Waals surface area (Å²) in [6.45, 7) is 6.19. The van der Waals surface area contributed by atoms with E-state index < -0.39 is 47.6 Å². The van der Waals surface area contributed by atoms with Crippen molar-refractivity contribution in [3.63, 3.8) is 0 Å². The summed E-state index contributed by atoms with van der Waals surface area (Å²) in [5, 5.41) is 17.5. The van der Waals surface area contributed by atoms with Crippen molar-refractivity contribution >= 4 is 11.7 Å². The Hall–Kier alpha value is -4.76. The molecule has 1 fully saturated rings. The molecular formula is C32H35F3N6O6. The van der Waals surface area contributed by atoms with E-state index in [9.17, 15) is 32.7 Å². The fraction of sp³-hybridized carbons (Fsp3) is 0.406. The summed E-state index contributed by atoms with van der Waals surface area (Å²) in [6.07, 6.45) is -4.66. The molecule has 12 nitrogen and oxygen atoms in total. The molecule has 47 heavy (non-hydrogen) atoms. The number of carbonyl (C=O) groups excluding carboxylic acids is 2. The number of ketones is 1. The van der Waals surface area contributed by atoms with Crippen LogP contribution in [-0.2, 0) is 35.2 Å². The van der Waals surface area contributed by atoms with Gasteiger partial charge in [0.15, 0.2) is 0 Å². The number of ether oxygens (including phenoxy) is 1. The van der Waals surface area contributed by atoms with Crippen molar-refractivity contribution in [1.82, 2.24) is 29.5 Å². The molecule has 2 aromatic carbocycles. The van der Waals surface area contributed by atoms with Crippen LogP contribution in [0.1, 0.15) is 41.5 Å². The molecule has 0 radical (unpaired) electrons. The number of morpholine rings is 1. The van der Waals surface area contributed by atoms with E-state index >= 15 is 0 Å². The number of alkyl halides is 3. The van der Waals surface area contributed by atoms with Crippen molar-refractivity contribution < 1.29 is 37.1 Å². The number of aromatic nitrogens is 4. The zero-order valence-corrected chi connectivity index (χ0v) is 25.9. The third-order valence-corrected chi connectivity index (χ3v) is 7.86. The van der Waals surface area contributed by atoms with E-state index in [1.54, 1.807) is 38.1 Å². The highest BCUT2D eigenvalue weighted by atomic mass is 19.4. The van der Waals surface area contributed by atoms with Crippen molar-refractivity contribution in [3.8, 4) is 17.1 Å². The third kappa shape index (κ3) is 7.97. The molecule has 2 N–H and O–H groups in total. The molecule has 0 spiro atoms. The van der Waals surface area contributed by atoms with Crippen molar-refractivity contribution in [2.45, 2.75) is 45.6 Å². The van der Waals surface area contributed by atoms with E-state index in [-0.39, 0.29) is 41.8 Å². The number of amides is 1. The number of nitrogens with zero attached hydrogens (tertiary/aromatic N) is 5. The van der Waals surface area contributed by atoms with Gasteiger partial charge in [0.05, 0.1) is 31.2 Å². The lowest BCUT2D eigenvalue weighted by atomic mass is 9.99. The van der Waals surface area contributed by atoms with Gasteiger partial charge in [-0.25, -0.2) is 4.79 Å². The van der Waals surface area contributed by atoms with Crippen molar-refractivity contribution in [2.75, 3.05) is 32.8 Å². The number of aromatic hydroxyl groups is 1. The predicted molar refractivity (Wildman–Crippen MR) is 163 cm³/mol. The first-order valence-corrected chi connectivity index (χ1v) is 15.1. The van der Waals surface area contributed by atoms with Gasteiger partial charge in [-0.3, -0.25) is 23.6 Å².